The minimum Gasteiger partial charge on any atom is -0.262 e. The maximum atomic E-state index is 11.4. The molecule has 2 N–H and O–H groups in total. The van der Waals surface area contributed by atoms with Crippen LogP contribution in [0.25, 0.3) is 0 Å². The molecular weight excluding hydrogens is 256 g/mol. The molecule has 0 spiro atoms. The van der Waals surface area contributed by atoms with Crippen LogP contribution >= 0.6 is 0 Å². The zero-order chi connectivity index (χ0) is 13.5. The van der Waals surface area contributed by atoms with E-state index in [-0.39, 0.29) is 4.90 Å². The average molecular weight is 270 g/mol. The first kappa shape index (κ1) is 12.7. The van der Waals surface area contributed by atoms with Crippen molar-refractivity contribution in [3.63, 3.8) is 0 Å². The van der Waals surface area contributed by atoms with Gasteiger partial charge in [0.25, 0.3) is 0 Å². The highest BCUT2D eigenvalue weighted by Gasteiger charge is 2.21. The van der Waals surface area contributed by atoms with Gasteiger partial charge in [0.2, 0.25) is 10.0 Å². The van der Waals surface area contributed by atoms with Gasteiger partial charge in [0.05, 0.1) is 17.9 Å². The molecule has 0 amide bonds. The summed E-state index contributed by atoms with van der Waals surface area (Å²) in [4.78, 5) is 0.0754. The lowest BCUT2D eigenvalue weighted by Gasteiger charge is -2.01. The Bertz CT molecular complexity index is 684. The van der Waals surface area contributed by atoms with Crippen LogP contribution in [0.2, 0.25) is 0 Å². The molecule has 0 radical (unpaired) electrons. The van der Waals surface area contributed by atoms with Crippen molar-refractivity contribution in [1.82, 2.24) is 24.8 Å². The van der Waals surface area contributed by atoms with Gasteiger partial charge in [-0.05, 0) is 13.8 Å². The molecule has 2 aromatic heterocycles. The molecule has 2 rings (SSSR count). The maximum Gasteiger partial charge on any atom is 0.241 e. The van der Waals surface area contributed by atoms with Crippen LogP contribution in [0.1, 0.15) is 17.1 Å². The quantitative estimate of drug-likeness (QED) is 0.795. The second kappa shape index (κ2) is 4.18. The largest absolute Gasteiger partial charge is 0.262 e. The van der Waals surface area contributed by atoms with E-state index in [4.69, 9.17) is 5.14 Å². The van der Waals surface area contributed by atoms with E-state index in [1.807, 2.05) is 0 Å². The van der Waals surface area contributed by atoms with Gasteiger partial charge in [-0.2, -0.15) is 5.10 Å². The van der Waals surface area contributed by atoms with Crippen LogP contribution in [0.3, 0.4) is 0 Å². The van der Waals surface area contributed by atoms with Gasteiger partial charge in [-0.25, -0.2) is 13.6 Å². The van der Waals surface area contributed by atoms with Gasteiger partial charge in [-0.1, -0.05) is 5.21 Å². The van der Waals surface area contributed by atoms with E-state index < -0.39 is 10.0 Å². The lowest BCUT2D eigenvalue weighted by Crippen LogP contribution is -2.14. The fourth-order valence-electron chi connectivity index (χ4n) is 1.87. The average Bonchev–Trinajstić information content (AvgIpc) is 2.71. The monoisotopic (exact) mass is 270 g/mol. The van der Waals surface area contributed by atoms with Gasteiger partial charge in [0, 0.05) is 13.2 Å². The molecule has 0 saturated heterocycles. The van der Waals surface area contributed by atoms with E-state index in [0.29, 0.717) is 23.6 Å². The molecule has 0 aliphatic rings. The van der Waals surface area contributed by atoms with Crippen molar-refractivity contribution in [2.24, 2.45) is 12.2 Å². The SMILES string of the molecule is Cc1nn(Cc2cn(C)nn2)c(C)c1S(N)(=O)=O. The molecule has 0 bridgehead atoms. The Balaban J connectivity index is 2.42. The third-order valence-corrected chi connectivity index (χ3v) is 3.72. The van der Waals surface area contributed by atoms with E-state index in [0.717, 1.165) is 0 Å². The Hall–Kier alpha value is -1.74. The number of nitrogens with two attached hydrogens (primary N) is 1. The predicted octanol–water partition coefficient (Wildman–Crippen LogP) is -0.676. The maximum absolute atomic E-state index is 11.4. The van der Waals surface area contributed by atoms with E-state index in [2.05, 4.69) is 15.4 Å². The Kier molecular flexibility index (Phi) is 2.95. The summed E-state index contributed by atoms with van der Waals surface area (Å²) in [5.41, 5.74) is 1.59. The summed E-state index contributed by atoms with van der Waals surface area (Å²) >= 11 is 0. The normalized spacial score (nSPS) is 12.0. The lowest BCUT2D eigenvalue weighted by atomic mass is 10.4. The number of primary sulfonamides is 1. The molecule has 0 atom stereocenters. The van der Waals surface area contributed by atoms with Gasteiger partial charge in [-0.3, -0.25) is 9.36 Å². The van der Waals surface area contributed by atoms with Gasteiger partial charge >= 0.3 is 0 Å². The van der Waals surface area contributed by atoms with Crippen LogP contribution in [0.15, 0.2) is 11.1 Å². The van der Waals surface area contributed by atoms with Crippen LogP contribution in [0, 0.1) is 13.8 Å². The molecule has 98 valence electrons. The topological polar surface area (TPSA) is 109 Å². The fraction of sp³-hybridized carbons (Fsp3) is 0.444. The Labute approximate surface area is 104 Å². The first-order valence-corrected chi connectivity index (χ1v) is 6.75. The molecule has 0 aromatic carbocycles. The lowest BCUT2D eigenvalue weighted by molar-refractivity contribution is 0.595. The number of sulfonamides is 1. The van der Waals surface area contributed by atoms with Crippen LogP contribution in [-0.4, -0.2) is 33.2 Å². The Morgan fingerprint density at radius 2 is 2.06 bits per heavy atom. The summed E-state index contributed by atoms with van der Waals surface area (Å²) in [6.07, 6.45) is 1.74. The molecule has 18 heavy (non-hydrogen) atoms. The van der Waals surface area contributed by atoms with Gasteiger partial charge < -0.3 is 0 Å². The number of hydrogen-bond acceptors (Lipinski definition) is 5. The van der Waals surface area contributed by atoms with Crippen LogP contribution in [0.4, 0.5) is 0 Å². The predicted molar refractivity (Wildman–Crippen MR) is 63.2 cm³/mol. The second-order valence-electron chi connectivity index (χ2n) is 4.09. The number of aromatic nitrogens is 5. The molecule has 9 heteroatoms. The summed E-state index contributed by atoms with van der Waals surface area (Å²) in [5, 5.41) is 17.0. The van der Waals surface area contributed by atoms with Crippen molar-refractivity contribution in [3.05, 3.63) is 23.3 Å². The summed E-state index contributed by atoms with van der Waals surface area (Å²) in [6.45, 7) is 3.63. The van der Waals surface area contributed by atoms with Crippen molar-refractivity contribution in [1.29, 1.82) is 0 Å². The minimum absolute atomic E-state index is 0.0754. The first-order chi connectivity index (χ1) is 8.29. The molecule has 2 heterocycles. The molecule has 0 aliphatic heterocycles. The van der Waals surface area contributed by atoms with Crippen molar-refractivity contribution in [3.8, 4) is 0 Å². The third kappa shape index (κ3) is 2.27. The van der Waals surface area contributed by atoms with Gasteiger partial charge in [0.15, 0.2) is 0 Å². The van der Waals surface area contributed by atoms with E-state index in [9.17, 15) is 8.42 Å². The first-order valence-electron chi connectivity index (χ1n) is 5.21. The standard InChI is InChI=1S/C9H14N6O2S/c1-6-9(18(10,16)17)7(2)15(12-6)5-8-4-14(3)13-11-8/h4H,5H2,1-3H3,(H2,10,16,17). The van der Waals surface area contributed by atoms with Crippen LogP contribution in [-0.2, 0) is 23.6 Å². The number of rotatable bonds is 3. The number of aryl methyl sites for hydroxylation is 2. The number of nitrogens with zero attached hydrogens (tertiary/aromatic N) is 5. The molecule has 0 unspecified atom stereocenters. The molecule has 0 saturated carbocycles. The fourth-order valence-corrected chi connectivity index (χ4v) is 2.84. The smallest absolute Gasteiger partial charge is 0.241 e. The summed E-state index contributed by atoms with van der Waals surface area (Å²) < 4.78 is 26.0. The zero-order valence-electron chi connectivity index (χ0n) is 10.3. The van der Waals surface area contributed by atoms with Crippen molar-refractivity contribution in [2.75, 3.05) is 0 Å². The summed E-state index contributed by atoms with van der Waals surface area (Å²) in [6, 6.07) is 0. The summed E-state index contributed by atoms with van der Waals surface area (Å²) in [5.74, 6) is 0. The molecule has 0 aliphatic carbocycles. The Morgan fingerprint density at radius 1 is 1.39 bits per heavy atom. The van der Waals surface area contributed by atoms with Crippen molar-refractivity contribution in [2.45, 2.75) is 25.3 Å². The number of hydrogen-bond donors (Lipinski definition) is 1. The van der Waals surface area contributed by atoms with Crippen LogP contribution in [0.5, 0.6) is 0 Å². The zero-order valence-corrected chi connectivity index (χ0v) is 11.1. The highest BCUT2D eigenvalue weighted by Crippen LogP contribution is 2.18. The van der Waals surface area contributed by atoms with E-state index in [1.54, 1.807) is 36.5 Å². The van der Waals surface area contributed by atoms with Crippen molar-refractivity contribution >= 4 is 10.0 Å². The van der Waals surface area contributed by atoms with Gasteiger partial charge in [0.1, 0.15) is 10.6 Å². The third-order valence-electron chi connectivity index (χ3n) is 2.56. The van der Waals surface area contributed by atoms with Crippen molar-refractivity contribution < 1.29 is 8.42 Å². The molecular formula is C9H14N6O2S. The second-order valence-corrected chi connectivity index (χ2v) is 5.58. The molecule has 8 nitrogen and oxygen atoms in total. The highest BCUT2D eigenvalue weighted by atomic mass is 32.2. The van der Waals surface area contributed by atoms with Gasteiger partial charge in [-0.15, -0.1) is 5.10 Å². The van der Waals surface area contributed by atoms with E-state index in [1.165, 1.54) is 0 Å². The Morgan fingerprint density at radius 3 is 2.50 bits per heavy atom. The minimum atomic E-state index is -3.75. The molecule has 2 aromatic rings. The highest BCUT2D eigenvalue weighted by molar-refractivity contribution is 7.89. The molecule has 0 fully saturated rings. The van der Waals surface area contributed by atoms with Crippen LogP contribution < -0.4 is 5.14 Å². The van der Waals surface area contributed by atoms with E-state index >= 15 is 0 Å². The summed E-state index contributed by atoms with van der Waals surface area (Å²) in [7, 11) is -2.00.